The molecule has 6 heteroatoms. The Morgan fingerprint density at radius 1 is 1.35 bits per heavy atom. The lowest BCUT2D eigenvalue weighted by atomic mass is 10.1. The van der Waals surface area contributed by atoms with Gasteiger partial charge in [0.05, 0.1) is 15.6 Å². The number of para-hydroxylation sites is 1. The maximum Gasteiger partial charge on any atom is 0.271 e. The molecule has 0 aliphatic rings. The first-order valence-corrected chi connectivity index (χ1v) is 6.32. The van der Waals surface area contributed by atoms with Gasteiger partial charge in [0.25, 0.3) is 5.69 Å². The van der Waals surface area contributed by atoms with Gasteiger partial charge in [0.2, 0.25) is 0 Å². The summed E-state index contributed by atoms with van der Waals surface area (Å²) in [6.45, 7) is 2.20. The average Bonchev–Trinajstić information content (AvgIpc) is 2.41. The molecule has 0 saturated carbocycles. The van der Waals surface area contributed by atoms with Gasteiger partial charge in [0.1, 0.15) is 5.75 Å². The molecule has 2 rings (SSSR count). The highest BCUT2D eigenvalue weighted by molar-refractivity contribution is 6.33. The van der Waals surface area contributed by atoms with E-state index in [0.717, 1.165) is 11.1 Å². The zero-order valence-electron chi connectivity index (χ0n) is 10.8. The Morgan fingerprint density at radius 2 is 2.10 bits per heavy atom. The molecule has 0 saturated heterocycles. The van der Waals surface area contributed by atoms with Crippen molar-refractivity contribution in [1.82, 2.24) is 0 Å². The van der Waals surface area contributed by atoms with E-state index in [0.29, 0.717) is 12.2 Å². The van der Waals surface area contributed by atoms with Crippen molar-refractivity contribution in [3.63, 3.8) is 0 Å². The van der Waals surface area contributed by atoms with Crippen LogP contribution in [0, 0.1) is 17.0 Å². The third-order valence-corrected chi connectivity index (χ3v) is 3.27. The number of aryl methyl sites for hydroxylation is 1. The fourth-order valence-corrected chi connectivity index (χ4v) is 2.06. The Labute approximate surface area is 121 Å². The molecule has 0 spiro atoms. The molecule has 0 aliphatic heterocycles. The first-order chi connectivity index (χ1) is 9.49. The number of phenols is 1. The standard InChI is InChI=1S/C14H13ClN2O3/c1-9-3-2-4-10(14(9)18)8-16-13-6-5-11(17(19)20)7-12(13)15/h2-7,16,18H,8H2,1H3. The molecule has 0 aliphatic carbocycles. The van der Waals surface area contributed by atoms with Crippen LogP contribution in [0.4, 0.5) is 11.4 Å². The third-order valence-electron chi connectivity index (χ3n) is 2.95. The van der Waals surface area contributed by atoms with E-state index in [9.17, 15) is 15.2 Å². The van der Waals surface area contributed by atoms with Gasteiger partial charge >= 0.3 is 0 Å². The van der Waals surface area contributed by atoms with Gasteiger partial charge in [-0.2, -0.15) is 0 Å². The Bertz CT molecular complexity index is 659. The van der Waals surface area contributed by atoms with E-state index >= 15 is 0 Å². The number of halogens is 1. The normalized spacial score (nSPS) is 10.3. The zero-order valence-corrected chi connectivity index (χ0v) is 11.5. The van der Waals surface area contributed by atoms with Gasteiger partial charge in [-0.3, -0.25) is 10.1 Å². The van der Waals surface area contributed by atoms with Gasteiger partial charge in [-0.1, -0.05) is 29.8 Å². The molecule has 0 atom stereocenters. The van der Waals surface area contributed by atoms with Crippen LogP contribution in [0.5, 0.6) is 5.75 Å². The molecule has 0 amide bonds. The second-order valence-corrected chi connectivity index (χ2v) is 4.76. The Hall–Kier alpha value is -2.27. The minimum atomic E-state index is -0.498. The van der Waals surface area contributed by atoms with Crippen LogP contribution in [0.1, 0.15) is 11.1 Å². The molecule has 0 unspecified atom stereocenters. The van der Waals surface area contributed by atoms with E-state index in [1.807, 2.05) is 19.1 Å². The summed E-state index contributed by atoms with van der Waals surface area (Å²) in [5, 5.41) is 23.8. The van der Waals surface area contributed by atoms with Crippen molar-refractivity contribution in [2.75, 3.05) is 5.32 Å². The highest BCUT2D eigenvalue weighted by Crippen LogP contribution is 2.28. The predicted octanol–water partition coefficient (Wildman–Crippen LogP) is 3.87. The van der Waals surface area contributed by atoms with Crippen LogP contribution in [-0.4, -0.2) is 10.0 Å². The highest BCUT2D eigenvalue weighted by Gasteiger charge is 2.10. The van der Waals surface area contributed by atoms with Gasteiger partial charge in [0.15, 0.2) is 0 Å². The summed E-state index contributed by atoms with van der Waals surface area (Å²) in [6, 6.07) is 9.69. The topological polar surface area (TPSA) is 75.4 Å². The fourth-order valence-electron chi connectivity index (χ4n) is 1.81. The molecule has 5 nitrogen and oxygen atoms in total. The van der Waals surface area contributed by atoms with E-state index < -0.39 is 4.92 Å². The summed E-state index contributed by atoms with van der Waals surface area (Å²) in [4.78, 5) is 10.1. The second kappa shape index (κ2) is 5.79. The third kappa shape index (κ3) is 3.00. The molecule has 0 aromatic heterocycles. The molecular formula is C14H13ClN2O3. The summed E-state index contributed by atoms with van der Waals surface area (Å²) in [6.07, 6.45) is 0. The number of nitrogens with one attached hydrogen (secondary N) is 1. The second-order valence-electron chi connectivity index (χ2n) is 4.36. The number of non-ortho nitro benzene ring substituents is 1. The maximum absolute atomic E-state index is 10.6. The number of nitro benzene ring substituents is 1. The van der Waals surface area contributed by atoms with Crippen LogP contribution in [0.2, 0.25) is 5.02 Å². The van der Waals surface area contributed by atoms with Gasteiger partial charge < -0.3 is 10.4 Å². The summed E-state index contributed by atoms with van der Waals surface area (Å²) in [7, 11) is 0. The lowest BCUT2D eigenvalue weighted by molar-refractivity contribution is -0.384. The Balaban J connectivity index is 2.15. The summed E-state index contributed by atoms with van der Waals surface area (Å²) >= 11 is 5.98. The number of hydrogen-bond donors (Lipinski definition) is 2. The van der Waals surface area contributed by atoms with E-state index in [1.165, 1.54) is 12.1 Å². The first kappa shape index (κ1) is 14.1. The van der Waals surface area contributed by atoms with Crippen LogP contribution < -0.4 is 5.32 Å². The number of nitrogens with zero attached hydrogens (tertiary/aromatic N) is 1. The van der Waals surface area contributed by atoms with Crippen molar-refractivity contribution in [3.05, 3.63) is 62.7 Å². The number of anilines is 1. The van der Waals surface area contributed by atoms with Crippen LogP contribution in [0.3, 0.4) is 0 Å². The number of nitro groups is 1. The molecule has 20 heavy (non-hydrogen) atoms. The first-order valence-electron chi connectivity index (χ1n) is 5.94. The molecule has 2 N–H and O–H groups in total. The molecule has 2 aromatic carbocycles. The number of benzene rings is 2. The number of rotatable bonds is 4. The number of aromatic hydroxyl groups is 1. The molecule has 0 heterocycles. The van der Waals surface area contributed by atoms with Crippen molar-refractivity contribution in [2.24, 2.45) is 0 Å². The largest absolute Gasteiger partial charge is 0.507 e. The summed E-state index contributed by atoms with van der Waals surface area (Å²) in [5.74, 6) is 0.234. The summed E-state index contributed by atoms with van der Waals surface area (Å²) in [5.41, 5.74) is 2.05. The van der Waals surface area contributed by atoms with E-state index in [2.05, 4.69) is 5.32 Å². The molecule has 0 bridgehead atoms. The van der Waals surface area contributed by atoms with Crippen LogP contribution in [0.15, 0.2) is 36.4 Å². The van der Waals surface area contributed by atoms with Crippen molar-refractivity contribution < 1.29 is 10.0 Å². The van der Waals surface area contributed by atoms with Crippen molar-refractivity contribution in [2.45, 2.75) is 13.5 Å². The maximum atomic E-state index is 10.6. The van der Waals surface area contributed by atoms with Crippen molar-refractivity contribution >= 4 is 23.0 Å². The average molecular weight is 293 g/mol. The van der Waals surface area contributed by atoms with E-state index in [-0.39, 0.29) is 16.5 Å². The lowest BCUT2D eigenvalue weighted by Gasteiger charge is -2.10. The Kier molecular flexibility index (Phi) is 4.10. The minimum Gasteiger partial charge on any atom is -0.507 e. The Morgan fingerprint density at radius 3 is 2.75 bits per heavy atom. The van der Waals surface area contributed by atoms with Crippen molar-refractivity contribution in [1.29, 1.82) is 0 Å². The van der Waals surface area contributed by atoms with E-state index in [4.69, 9.17) is 11.6 Å². The van der Waals surface area contributed by atoms with Crippen LogP contribution in [-0.2, 0) is 6.54 Å². The zero-order chi connectivity index (χ0) is 14.7. The molecular weight excluding hydrogens is 280 g/mol. The number of phenolic OH excluding ortho intramolecular Hbond substituents is 1. The molecule has 104 valence electrons. The molecule has 0 radical (unpaired) electrons. The molecule has 0 fully saturated rings. The summed E-state index contributed by atoms with van der Waals surface area (Å²) < 4.78 is 0. The van der Waals surface area contributed by atoms with Gasteiger partial charge in [-0.25, -0.2) is 0 Å². The lowest BCUT2D eigenvalue weighted by Crippen LogP contribution is -2.01. The quantitative estimate of drug-likeness (QED) is 0.662. The van der Waals surface area contributed by atoms with Gasteiger partial charge in [0, 0.05) is 24.2 Å². The van der Waals surface area contributed by atoms with Crippen molar-refractivity contribution in [3.8, 4) is 5.75 Å². The van der Waals surface area contributed by atoms with Crippen LogP contribution >= 0.6 is 11.6 Å². The smallest absolute Gasteiger partial charge is 0.271 e. The fraction of sp³-hybridized carbons (Fsp3) is 0.143. The molecule has 2 aromatic rings. The van der Waals surface area contributed by atoms with Gasteiger partial charge in [-0.15, -0.1) is 0 Å². The minimum absolute atomic E-state index is 0.0565. The van der Waals surface area contributed by atoms with Gasteiger partial charge in [-0.05, 0) is 18.6 Å². The van der Waals surface area contributed by atoms with E-state index in [1.54, 1.807) is 12.1 Å². The monoisotopic (exact) mass is 292 g/mol. The SMILES string of the molecule is Cc1cccc(CNc2ccc([N+](=O)[O-])cc2Cl)c1O. The predicted molar refractivity (Wildman–Crippen MR) is 78.3 cm³/mol. The number of hydrogen-bond acceptors (Lipinski definition) is 4. The highest BCUT2D eigenvalue weighted by atomic mass is 35.5. The van der Waals surface area contributed by atoms with Crippen LogP contribution in [0.25, 0.3) is 0 Å².